The number of ether oxygens (including phenoxy) is 5. The fourth-order valence-electron chi connectivity index (χ4n) is 7.02. The summed E-state index contributed by atoms with van der Waals surface area (Å²) in [6, 6.07) is 0. The molecule has 0 radical (unpaired) electrons. The Morgan fingerprint density at radius 3 is 1.23 bits per heavy atom. The molecule has 4 rings (SSSR count). The summed E-state index contributed by atoms with van der Waals surface area (Å²) in [4.78, 5) is 25.9. The second kappa shape index (κ2) is 19.4. The number of rotatable bonds is 26. The third-order valence-electron chi connectivity index (χ3n) is 10.1. The van der Waals surface area contributed by atoms with Crippen LogP contribution in [0, 0.1) is 11.8 Å². The van der Waals surface area contributed by atoms with E-state index in [0.29, 0.717) is 50.5 Å². The molecule has 1 aliphatic carbocycles. The van der Waals surface area contributed by atoms with Crippen LogP contribution in [0.1, 0.15) is 155 Å². The predicted octanol–water partition coefficient (Wildman–Crippen LogP) is 8.24. The first-order valence-corrected chi connectivity index (χ1v) is 18.4. The van der Waals surface area contributed by atoms with Gasteiger partial charge < -0.3 is 23.7 Å². The molecule has 0 aromatic heterocycles. The number of hydrogen-bond donors (Lipinski definition) is 0. The number of carbonyl (C=O) groups is 2. The summed E-state index contributed by atoms with van der Waals surface area (Å²) in [6.07, 6.45) is 27.1. The average molecular weight is 607 g/mol. The summed E-state index contributed by atoms with van der Waals surface area (Å²) in [7, 11) is 0. The molecular formula is C36H62O7. The number of carbonyl (C=O) groups excluding carboxylic acids is 2. The Bertz CT molecular complexity index is 738. The molecule has 7 nitrogen and oxygen atoms in total. The Hall–Kier alpha value is -1.18. The van der Waals surface area contributed by atoms with Crippen molar-refractivity contribution in [2.75, 3.05) is 13.2 Å². The van der Waals surface area contributed by atoms with Crippen LogP contribution in [0.2, 0.25) is 0 Å². The smallest absolute Gasteiger partial charge is 0.309 e. The molecule has 8 unspecified atom stereocenters. The molecule has 0 aromatic rings. The first-order chi connectivity index (χ1) is 21.1. The monoisotopic (exact) mass is 606 g/mol. The van der Waals surface area contributed by atoms with Crippen LogP contribution in [0.4, 0.5) is 0 Å². The minimum absolute atomic E-state index is 0.107. The normalized spacial score (nSPS) is 30.5. The van der Waals surface area contributed by atoms with Crippen molar-refractivity contribution < 1.29 is 33.3 Å². The van der Waals surface area contributed by atoms with Crippen LogP contribution in [-0.2, 0) is 33.3 Å². The van der Waals surface area contributed by atoms with E-state index >= 15 is 0 Å². The van der Waals surface area contributed by atoms with Gasteiger partial charge in [-0.05, 0) is 51.4 Å². The largest absolute Gasteiger partial charge is 0.465 e. The fraction of sp³-hybridized carbons (Fsp3) is 0.944. The summed E-state index contributed by atoms with van der Waals surface area (Å²) < 4.78 is 28.5. The van der Waals surface area contributed by atoms with Crippen molar-refractivity contribution in [2.24, 2.45) is 11.8 Å². The van der Waals surface area contributed by atoms with Crippen LogP contribution in [0.5, 0.6) is 0 Å². The number of hydrogen-bond acceptors (Lipinski definition) is 7. The maximum atomic E-state index is 12.9. The van der Waals surface area contributed by atoms with Gasteiger partial charge in [0.15, 0.2) is 0 Å². The van der Waals surface area contributed by atoms with E-state index in [1.165, 1.54) is 89.9 Å². The Kier molecular flexibility index (Phi) is 15.6. The molecule has 0 spiro atoms. The highest BCUT2D eigenvalue weighted by molar-refractivity contribution is 5.82. The maximum Gasteiger partial charge on any atom is 0.309 e. The van der Waals surface area contributed by atoms with E-state index in [0.717, 1.165) is 38.5 Å². The first kappa shape index (κ1) is 34.7. The molecule has 4 fully saturated rings. The van der Waals surface area contributed by atoms with Gasteiger partial charge in [-0.3, -0.25) is 9.59 Å². The van der Waals surface area contributed by atoms with Crippen LogP contribution in [-0.4, -0.2) is 61.8 Å². The molecule has 248 valence electrons. The average Bonchev–Trinajstić information content (AvgIpc) is 3.92. The summed E-state index contributed by atoms with van der Waals surface area (Å²) in [6.45, 7) is 5.35. The number of epoxide rings is 3. The SMILES string of the molecule is CCCCCC1OC1CCCCCCCOC(=O)C1CC2OC2CC1C(=O)OCCCCCCCC1OC1CCCCC. The van der Waals surface area contributed by atoms with Crippen LogP contribution < -0.4 is 0 Å². The van der Waals surface area contributed by atoms with Gasteiger partial charge in [-0.1, -0.05) is 104 Å². The lowest BCUT2D eigenvalue weighted by Gasteiger charge is -2.26. The van der Waals surface area contributed by atoms with Crippen LogP contribution in [0.15, 0.2) is 0 Å². The number of esters is 2. The van der Waals surface area contributed by atoms with E-state index in [1.807, 2.05) is 0 Å². The maximum absolute atomic E-state index is 12.9. The molecule has 0 amide bonds. The molecule has 43 heavy (non-hydrogen) atoms. The molecule has 3 aliphatic heterocycles. The van der Waals surface area contributed by atoms with Crippen LogP contribution in [0.3, 0.4) is 0 Å². The van der Waals surface area contributed by atoms with E-state index in [2.05, 4.69) is 13.8 Å². The Morgan fingerprint density at radius 1 is 0.488 bits per heavy atom. The van der Waals surface area contributed by atoms with Gasteiger partial charge in [-0.15, -0.1) is 0 Å². The van der Waals surface area contributed by atoms with Gasteiger partial charge in [0.1, 0.15) is 0 Å². The molecule has 0 aromatic carbocycles. The molecular weight excluding hydrogens is 544 g/mol. The molecule has 3 heterocycles. The van der Waals surface area contributed by atoms with Gasteiger partial charge >= 0.3 is 11.9 Å². The van der Waals surface area contributed by atoms with Crippen molar-refractivity contribution in [3.8, 4) is 0 Å². The lowest BCUT2D eigenvalue weighted by molar-refractivity contribution is -0.162. The van der Waals surface area contributed by atoms with Gasteiger partial charge in [0.2, 0.25) is 0 Å². The number of fused-ring (bicyclic) bond motifs is 1. The van der Waals surface area contributed by atoms with Gasteiger partial charge in [-0.2, -0.15) is 0 Å². The highest BCUT2D eigenvalue weighted by Gasteiger charge is 2.53. The second-order valence-corrected chi connectivity index (χ2v) is 13.8. The van der Waals surface area contributed by atoms with Crippen molar-refractivity contribution in [3.05, 3.63) is 0 Å². The Labute approximate surface area is 261 Å². The highest BCUT2D eigenvalue weighted by Crippen LogP contribution is 2.44. The van der Waals surface area contributed by atoms with Gasteiger partial charge in [-0.25, -0.2) is 0 Å². The zero-order valence-corrected chi connectivity index (χ0v) is 27.4. The van der Waals surface area contributed by atoms with Crippen molar-refractivity contribution in [1.29, 1.82) is 0 Å². The summed E-state index contributed by atoms with van der Waals surface area (Å²) in [5.74, 6) is -1.36. The van der Waals surface area contributed by atoms with E-state index < -0.39 is 11.8 Å². The van der Waals surface area contributed by atoms with Crippen molar-refractivity contribution in [3.63, 3.8) is 0 Å². The van der Waals surface area contributed by atoms with Crippen molar-refractivity contribution >= 4 is 11.9 Å². The molecule has 7 heteroatoms. The van der Waals surface area contributed by atoms with Crippen molar-refractivity contribution in [1.82, 2.24) is 0 Å². The highest BCUT2D eigenvalue weighted by atomic mass is 16.6. The minimum atomic E-state index is -0.435. The Balaban J connectivity index is 0.975. The topological polar surface area (TPSA) is 90.2 Å². The quantitative estimate of drug-likeness (QED) is 0.0556. The molecule has 1 saturated carbocycles. The second-order valence-electron chi connectivity index (χ2n) is 13.8. The predicted molar refractivity (Wildman–Crippen MR) is 168 cm³/mol. The fourth-order valence-corrected chi connectivity index (χ4v) is 7.02. The van der Waals surface area contributed by atoms with Crippen LogP contribution >= 0.6 is 0 Å². The summed E-state index contributed by atoms with van der Waals surface area (Å²) in [5.41, 5.74) is 0. The minimum Gasteiger partial charge on any atom is -0.465 e. The third-order valence-corrected chi connectivity index (χ3v) is 10.1. The number of unbranched alkanes of at least 4 members (excludes halogenated alkanes) is 12. The van der Waals surface area contributed by atoms with Crippen molar-refractivity contribution in [2.45, 2.75) is 192 Å². The third kappa shape index (κ3) is 13.0. The molecule has 8 atom stereocenters. The van der Waals surface area contributed by atoms with E-state index in [9.17, 15) is 9.59 Å². The Morgan fingerprint density at radius 2 is 0.837 bits per heavy atom. The zero-order chi connectivity index (χ0) is 30.3. The molecule has 3 saturated heterocycles. The lowest BCUT2D eigenvalue weighted by atomic mass is 9.79. The van der Waals surface area contributed by atoms with E-state index in [1.54, 1.807) is 0 Å². The van der Waals surface area contributed by atoms with E-state index in [4.69, 9.17) is 23.7 Å². The summed E-state index contributed by atoms with van der Waals surface area (Å²) in [5, 5.41) is 0. The lowest BCUT2D eigenvalue weighted by Crippen LogP contribution is -2.37. The molecule has 4 aliphatic rings. The van der Waals surface area contributed by atoms with E-state index in [-0.39, 0.29) is 24.1 Å². The van der Waals surface area contributed by atoms with Gasteiger partial charge in [0.05, 0.1) is 61.7 Å². The van der Waals surface area contributed by atoms with Gasteiger partial charge in [0, 0.05) is 0 Å². The van der Waals surface area contributed by atoms with Crippen LogP contribution in [0.25, 0.3) is 0 Å². The summed E-state index contributed by atoms with van der Waals surface area (Å²) >= 11 is 0. The van der Waals surface area contributed by atoms with Gasteiger partial charge in [0.25, 0.3) is 0 Å². The first-order valence-electron chi connectivity index (χ1n) is 18.4. The molecule has 0 N–H and O–H groups in total. The zero-order valence-electron chi connectivity index (χ0n) is 27.4. The standard InChI is InChI=1S/C36H62O7/c1-3-5-13-19-29-31(41-29)21-15-9-7-11-17-23-39-35(37)27-25-33-34(43-33)26-28(27)36(38)40-24-18-12-8-10-16-22-32-30(42-32)20-14-6-4-2/h27-34H,3-26H2,1-2H3. The molecule has 0 bridgehead atoms.